The first-order valence-electron chi connectivity index (χ1n) is 9.07. The molecule has 25 heavy (non-hydrogen) atoms. The normalized spacial score (nSPS) is 21.6. The van der Waals surface area contributed by atoms with Gasteiger partial charge in [-0.1, -0.05) is 30.3 Å². The summed E-state index contributed by atoms with van der Waals surface area (Å²) >= 11 is 1.55. The van der Waals surface area contributed by atoms with Gasteiger partial charge in [0.05, 0.1) is 11.0 Å². The van der Waals surface area contributed by atoms with Crippen LogP contribution >= 0.6 is 11.3 Å². The number of carbonyl (C=O) groups is 1. The highest BCUT2D eigenvalue weighted by atomic mass is 32.1. The van der Waals surface area contributed by atoms with Crippen molar-refractivity contribution in [3.05, 3.63) is 46.7 Å². The Labute approximate surface area is 153 Å². The van der Waals surface area contributed by atoms with Crippen LogP contribution in [0.25, 0.3) is 11.1 Å². The molecule has 0 N–H and O–H groups in total. The first kappa shape index (κ1) is 16.8. The number of hydrogen-bond acceptors (Lipinski definition) is 4. The lowest BCUT2D eigenvalue weighted by Gasteiger charge is -2.35. The highest BCUT2D eigenvalue weighted by Crippen LogP contribution is 2.29. The smallest absolute Gasteiger partial charge is 0.264 e. The standard InChI is InChI=1S/C20H24N2O2S/c23-20(19-18(8-14-25-19)16-5-2-1-3-6-16)22-11-9-21(10-12-22)15-17-7-4-13-24-17/h1-3,5-6,8,14,17H,4,7,9-13,15H2/t17-/m1/s1. The van der Waals surface area contributed by atoms with Crippen LogP contribution in [0.2, 0.25) is 0 Å². The van der Waals surface area contributed by atoms with E-state index in [-0.39, 0.29) is 5.91 Å². The summed E-state index contributed by atoms with van der Waals surface area (Å²) in [5, 5.41) is 2.02. The lowest BCUT2D eigenvalue weighted by atomic mass is 10.1. The summed E-state index contributed by atoms with van der Waals surface area (Å²) in [6.45, 7) is 5.41. The minimum atomic E-state index is 0.172. The van der Waals surface area contributed by atoms with Gasteiger partial charge < -0.3 is 9.64 Å². The van der Waals surface area contributed by atoms with E-state index in [1.54, 1.807) is 11.3 Å². The first-order valence-corrected chi connectivity index (χ1v) is 9.95. The molecule has 0 aliphatic carbocycles. The highest BCUT2D eigenvalue weighted by Gasteiger charge is 2.27. The van der Waals surface area contributed by atoms with E-state index in [4.69, 9.17) is 4.74 Å². The Morgan fingerprint density at radius 1 is 1.12 bits per heavy atom. The Hall–Kier alpha value is -1.69. The van der Waals surface area contributed by atoms with Crippen molar-refractivity contribution in [2.75, 3.05) is 39.3 Å². The summed E-state index contributed by atoms with van der Waals surface area (Å²) in [5.74, 6) is 0.172. The van der Waals surface area contributed by atoms with Crippen molar-refractivity contribution in [2.24, 2.45) is 0 Å². The number of nitrogens with zero attached hydrogens (tertiary/aromatic N) is 2. The number of piperazine rings is 1. The molecular formula is C20H24N2O2S. The van der Waals surface area contributed by atoms with Gasteiger partial charge >= 0.3 is 0 Å². The SMILES string of the molecule is O=C(c1sccc1-c1ccccc1)N1CCN(C[C@H]2CCCO2)CC1. The van der Waals surface area contributed by atoms with Crippen LogP contribution in [-0.2, 0) is 4.74 Å². The van der Waals surface area contributed by atoms with Gasteiger partial charge in [-0.2, -0.15) is 0 Å². The van der Waals surface area contributed by atoms with E-state index in [0.29, 0.717) is 6.10 Å². The van der Waals surface area contributed by atoms with Crippen LogP contribution in [0.4, 0.5) is 0 Å². The molecule has 1 aromatic carbocycles. The summed E-state index contributed by atoms with van der Waals surface area (Å²) in [6.07, 6.45) is 2.75. The third kappa shape index (κ3) is 3.78. The molecular weight excluding hydrogens is 332 g/mol. The lowest BCUT2D eigenvalue weighted by Crippen LogP contribution is -2.50. The number of rotatable bonds is 4. The van der Waals surface area contributed by atoms with Gasteiger partial charge in [0.15, 0.2) is 0 Å². The molecule has 0 saturated carbocycles. The molecule has 1 amide bonds. The lowest BCUT2D eigenvalue weighted by molar-refractivity contribution is 0.0435. The number of amides is 1. The largest absolute Gasteiger partial charge is 0.377 e. The molecule has 0 spiro atoms. The molecule has 2 aliphatic rings. The predicted molar refractivity (Wildman–Crippen MR) is 101 cm³/mol. The fourth-order valence-electron chi connectivity index (χ4n) is 3.67. The van der Waals surface area contributed by atoms with Crippen LogP contribution in [0.15, 0.2) is 41.8 Å². The van der Waals surface area contributed by atoms with E-state index >= 15 is 0 Å². The van der Waals surface area contributed by atoms with Gasteiger partial charge in [0.1, 0.15) is 0 Å². The van der Waals surface area contributed by atoms with E-state index in [1.165, 1.54) is 12.8 Å². The number of thiophene rings is 1. The van der Waals surface area contributed by atoms with Gasteiger partial charge in [0.2, 0.25) is 0 Å². The summed E-state index contributed by atoms with van der Waals surface area (Å²) < 4.78 is 5.73. The van der Waals surface area contributed by atoms with Crippen molar-refractivity contribution in [3.63, 3.8) is 0 Å². The average molecular weight is 356 g/mol. The van der Waals surface area contributed by atoms with Crippen LogP contribution in [0.5, 0.6) is 0 Å². The summed E-state index contributed by atoms with van der Waals surface area (Å²) in [5.41, 5.74) is 2.17. The van der Waals surface area contributed by atoms with Crippen molar-refractivity contribution in [1.29, 1.82) is 0 Å². The van der Waals surface area contributed by atoms with E-state index < -0.39 is 0 Å². The van der Waals surface area contributed by atoms with Gasteiger partial charge in [-0.05, 0) is 29.9 Å². The molecule has 4 nitrogen and oxygen atoms in total. The van der Waals surface area contributed by atoms with Gasteiger partial charge in [-0.3, -0.25) is 9.69 Å². The molecule has 0 radical (unpaired) electrons. The van der Waals surface area contributed by atoms with E-state index in [0.717, 1.165) is 55.3 Å². The van der Waals surface area contributed by atoms with E-state index in [2.05, 4.69) is 23.1 Å². The van der Waals surface area contributed by atoms with Crippen molar-refractivity contribution in [2.45, 2.75) is 18.9 Å². The van der Waals surface area contributed by atoms with Gasteiger partial charge in [-0.25, -0.2) is 0 Å². The maximum absolute atomic E-state index is 13.0. The second kappa shape index (κ2) is 7.68. The summed E-state index contributed by atoms with van der Waals surface area (Å²) in [4.78, 5) is 18.3. The monoisotopic (exact) mass is 356 g/mol. The fraction of sp³-hybridized carbons (Fsp3) is 0.450. The average Bonchev–Trinajstić information content (AvgIpc) is 3.34. The first-order chi connectivity index (χ1) is 12.3. The molecule has 2 aliphatic heterocycles. The predicted octanol–water partition coefficient (Wildman–Crippen LogP) is 3.35. The van der Waals surface area contributed by atoms with E-state index in [1.807, 2.05) is 28.5 Å². The maximum Gasteiger partial charge on any atom is 0.264 e. The van der Waals surface area contributed by atoms with Crippen molar-refractivity contribution in [1.82, 2.24) is 9.80 Å². The van der Waals surface area contributed by atoms with E-state index in [9.17, 15) is 4.79 Å². The summed E-state index contributed by atoms with van der Waals surface area (Å²) in [6, 6.07) is 12.2. The van der Waals surface area contributed by atoms with Crippen LogP contribution < -0.4 is 0 Å². The Kier molecular flexibility index (Phi) is 5.15. The van der Waals surface area contributed by atoms with Crippen LogP contribution in [-0.4, -0.2) is 61.1 Å². The van der Waals surface area contributed by atoms with Crippen molar-refractivity contribution < 1.29 is 9.53 Å². The van der Waals surface area contributed by atoms with Gasteiger partial charge in [0.25, 0.3) is 5.91 Å². The number of benzene rings is 1. The zero-order chi connectivity index (χ0) is 17.1. The maximum atomic E-state index is 13.0. The zero-order valence-corrected chi connectivity index (χ0v) is 15.2. The van der Waals surface area contributed by atoms with Crippen molar-refractivity contribution >= 4 is 17.2 Å². The molecule has 0 unspecified atom stereocenters. The quantitative estimate of drug-likeness (QED) is 0.842. The Morgan fingerprint density at radius 2 is 1.92 bits per heavy atom. The topological polar surface area (TPSA) is 32.8 Å². The number of hydrogen-bond donors (Lipinski definition) is 0. The van der Waals surface area contributed by atoms with Crippen LogP contribution in [0, 0.1) is 0 Å². The second-order valence-electron chi connectivity index (χ2n) is 6.76. The molecule has 2 saturated heterocycles. The third-order valence-electron chi connectivity index (χ3n) is 5.09. The van der Waals surface area contributed by atoms with Crippen LogP contribution in [0.3, 0.4) is 0 Å². The molecule has 1 aromatic heterocycles. The molecule has 1 atom stereocenters. The minimum Gasteiger partial charge on any atom is -0.377 e. The van der Waals surface area contributed by atoms with Crippen molar-refractivity contribution in [3.8, 4) is 11.1 Å². The molecule has 132 valence electrons. The van der Waals surface area contributed by atoms with Gasteiger partial charge in [0, 0.05) is 44.9 Å². The molecule has 5 heteroatoms. The molecule has 0 bridgehead atoms. The number of carbonyl (C=O) groups excluding carboxylic acids is 1. The Morgan fingerprint density at radius 3 is 2.64 bits per heavy atom. The molecule has 2 fully saturated rings. The Bertz CT molecular complexity index is 701. The molecule has 3 heterocycles. The van der Waals surface area contributed by atoms with Gasteiger partial charge in [-0.15, -0.1) is 11.3 Å². The summed E-state index contributed by atoms with van der Waals surface area (Å²) in [7, 11) is 0. The molecule has 4 rings (SSSR count). The Balaban J connectivity index is 1.39. The second-order valence-corrected chi connectivity index (χ2v) is 7.67. The zero-order valence-electron chi connectivity index (χ0n) is 14.4. The third-order valence-corrected chi connectivity index (χ3v) is 5.99. The highest BCUT2D eigenvalue weighted by molar-refractivity contribution is 7.12. The van der Waals surface area contributed by atoms with Crippen LogP contribution in [0.1, 0.15) is 22.5 Å². The fourth-order valence-corrected chi connectivity index (χ4v) is 4.56. The minimum absolute atomic E-state index is 0.172. The molecule has 2 aromatic rings. The number of ether oxygens (including phenoxy) is 1.